The summed E-state index contributed by atoms with van der Waals surface area (Å²) in [6.07, 6.45) is -0.255. The minimum Gasteiger partial charge on any atom is -0.497 e. The second-order valence-electron chi connectivity index (χ2n) is 7.50. The first kappa shape index (κ1) is 22.7. The Labute approximate surface area is 185 Å². The molecule has 2 atom stereocenters. The number of carbonyl (C=O) groups is 3. The van der Waals surface area contributed by atoms with Crippen LogP contribution in [0.15, 0.2) is 47.4 Å². The van der Waals surface area contributed by atoms with E-state index >= 15 is 0 Å². The van der Waals surface area contributed by atoms with E-state index in [2.05, 4.69) is 10.6 Å². The fourth-order valence-corrected chi connectivity index (χ4v) is 4.09. The number of amides is 2. The molecule has 8 heteroatoms. The summed E-state index contributed by atoms with van der Waals surface area (Å²) in [6.45, 7) is 5.39. The molecular weight excluding hydrogens is 416 g/mol. The van der Waals surface area contributed by atoms with E-state index in [4.69, 9.17) is 9.47 Å². The molecule has 3 rings (SSSR count). The van der Waals surface area contributed by atoms with E-state index in [1.807, 2.05) is 13.0 Å². The van der Waals surface area contributed by atoms with Crippen molar-refractivity contribution in [2.24, 2.45) is 0 Å². The number of carbonyl (C=O) groups excluding carboxylic acids is 3. The van der Waals surface area contributed by atoms with Gasteiger partial charge in [-0.15, -0.1) is 11.8 Å². The lowest BCUT2D eigenvalue weighted by Crippen LogP contribution is -2.31. The maximum Gasteiger partial charge on any atom is 0.308 e. The Morgan fingerprint density at radius 2 is 1.87 bits per heavy atom. The van der Waals surface area contributed by atoms with Gasteiger partial charge in [0.25, 0.3) is 5.91 Å². The molecule has 0 unspecified atom stereocenters. The van der Waals surface area contributed by atoms with E-state index in [0.717, 1.165) is 10.5 Å². The number of methoxy groups -OCH3 is 1. The zero-order valence-corrected chi connectivity index (χ0v) is 18.7. The molecule has 0 aliphatic carbocycles. The van der Waals surface area contributed by atoms with Crippen LogP contribution in [0.25, 0.3) is 0 Å². The van der Waals surface area contributed by atoms with E-state index in [0.29, 0.717) is 17.0 Å². The minimum absolute atomic E-state index is 0.00864. The molecule has 0 saturated heterocycles. The average molecular weight is 443 g/mol. The predicted octanol–water partition coefficient (Wildman–Crippen LogP) is 3.94. The van der Waals surface area contributed by atoms with Crippen molar-refractivity contribution in [1.82, 2.24) is 5.32 Å². The van der Waals surface area contributed by atoms with Gasteiger partial charge in [-0.05, 0) is 56.7 Å². The van der Waals surface area contributed by atoms with Crippen LogP contribution in [-0.2, 0) is 14.3 Å². The summed E-state index contributed by atoms with van der Waals surface area (Å²) in [5, 5.41) is 5.56. The molecule has 0 spiro atoms. The Morgan fingerprint density at radius 1 is 1.16 bits per heavy atom. The Balaban J connectivity index is 1.81. The van der Waals surface area contributed by atoms with Crippen LogP contribution in [0, 0.1) is 0 Å². The number of rotatable bonds is 7. The molecule has 7 nitrogen and oxygen atoms in total. The lowest BCUT2D eigenvalue weighted by Gasteiger charge is -2.23. The molecule has 0 saturated carbocycles. The highest BCUT2D eigenvalue weighted by Crippen LogP contribution is 2.36. The predicted molar refractivity (Wildman–Crippen MR) is 119 cm³/mol. The first-order valence-corrected chi connectivity index (χ1v) is 10.9. The molecule has 0 aromatic heterocycles. The Kier molecular flexibility index (Phi) is 7.22. The Bertz CT molecular complexity index is 974. The van der Waals surface area contributed by atoms with Gasteiger partial charge in [-0.2, -0.15) is 0 Å². The molecule has 2 amide bonds. The van der Waals surface area contributed by atoms with Crippen LogP contribution in [0.4, 0.5) is 5.69 Å². The van der Waals surface area contributed by atoms with Crippen LogP contribution in [0.1, 0.15) is 49.2 Å². The van der Waals surface area contributed by atoms with Crippen molar-refractivity contribution in [3.05, 3.63) is 53.6 Å². The zero-order chi connectivity index (χ0) is 22.5. The summed E-state index contributed by atoms with van der Waals surface area (Å²) < 4.78 is 10.5. The standard InChI is InChI=1S/C23H26N2O5S/c1-13(2)30-21(26)12-18(15-5-8-17(29-4)9-6-15)24-23(28)16-7-10-20-19(11-16)25-22(27)14(3)31-20/h5-11,13-14,18H,12H2,1-4H3,(H,24,28)(H,25,27)/t14-,18+/m1/s1. The molecule has 1 aliphatic rings. The van der Waals surface area contributed by atoms with E-state index < -0.39 is 12.0 Å². The molecule has 31 heavy (non-hydrogen) atoms. The number of anilines is 1. The van der Waals surface area contributed by atoms with Gasteiger partial charge in [-0.1, -0.05) is 12.1 Å². The van der Waals surface area contributed by atoms with Crippen molar-refractivity contribution < 1.29 is 23.9 Å². The summed E-state index contributed by atoms with van der Waals surface area (Å²) in [7, 11) is 1.57. The molecular formula is C23H26N2O5S. The molecule has 1 aliphatic heterocycles. The Morgan fingerprint density at radius 3 is 2.52 bits per heavy atom. The molecule has 0 fully saturated rings. The van der Waals surface area contributed by atoms with E-state index in [-0.39, 0.29) is 29.6 Å². The first-order chi connectivity index (χ1) is 14.8. The average Bonchev–Trinajstić information content (AvgIpc) is 2.73. The summed E-state index contributed by atoms with van der Waals surface area (Å²) >= 11 is 1.45. The first-order valence-electron chi connectivity index (χ1n) is 10.0. The molecule has 2 aromatic rings. The van der Waals surface area contributed by atoms with Crippen LogP contribution >= 0.6 is 11.8 Å². The third-order valence-corrected chi connectivity index (χ3v) is 5.91. The summed E-state index contributed by atoms with van der Waals surface area (Å²) in [4.78, 5) is 38.1. The Hall–Kier alpha value is -3.00. The van der Waals surface area contributed by atoms with Crippen LogP contribution < -0.4 is 15.4 Å². The maximum absolute atomic E-state index is 13.0. The number of esters is 1. The van der Waals surface area contributed by atoms with Crippen molar-refractivity contribution >= 4 is 35.2 Å². The highest BCUT2D eigenvalue weighted by atomic mass is 32.2. The van der Waals surface area contributed by atoms with Gasteiger partial charge in [0.2, 0.25) is 5.91 Å². The van der Waals surface area contributed by atoms with E-state index in [9.17, 15) is 14.4 Å². The van der Waals surface area contributed by atoms with E-state index in [1.54, 1.807) is 57.4 Å². The van der Waals surface area contributed by atoms with Crippen LogP contribution in [-0.4, -0.2) is 36.2 Å². The number of ether oxygens (including phenoxy) is 2. The van der Waals surface area contributed by atoms with Gasteiger partial charge in [0, 0.05) is 10.5 Å². The van der Waals surface area contributed by atoms with Gasteiger partial charge in [-0.25, -0.2) is 0 Å². The van der Waals surface area contributed by atoms with Crippen LogP contribution in [0.5, 0.6) is 5.75 Å². The number of fused-ring (bicyclic) bond motifs is 1. The van der Waals surface area contributed by atoms with Gasteiger partial charge in [0.15, 0.2) is 0 Å². The van der Waals surface area contributed by atoms with Gasteiger partial charge in [0.1, 0.15) is 5.75 Å². The molecule has 164 valence electrons. The third kappa shape index (κ3) is 5.79. The number of hydrogen-bond donors (Lipinski definition) is 2. The molecule has 2 aromatic carbocycles. The monoisotopic (exact) mass is 442 g/mol. The van der Waals surface area contributed by atoms with Gasteiger partial charge >= 0.3 is 5.97 Å². The second kappa shape index (κ2) is 9.87. The number of benzene rings is 2. The summed E-state index contributed by atoms with van der Waals surface area (Å²) in [5.41, 5.74) is 1.76. The zero-order valence-electron chi connectivity index (χ0n) is 17.9. The smallest absolute Gasteiger partial charge is 0.308 e. The minimum atomic E-state index is -0.579. The molecule has 2 N–H and O–H groups in total. The van der Waals surface area contributed by atoms with Crippen molar-refractivity contribution in [1.29, 1.82) is 0 Å². The normalized spacial score (nSPS) is 16.2. The van der Waals surface area contributed by atoms with Crippen molar-refractivity contribution in [3.8, 4) is 5.75 Å². The van der Waals surface area contributed by atoms with Crippen molar-refractivity contribution in [2.75, 3.05) is 12.4 Å². The van der Waals surface area contributed by atoms with Gasteiger partial charge in [0.05, 0.1) is 36.6 Å². The molecule has 0 radical (unpaired) electrons. The van der Waals surface area contributed by atoms with Crippen molar-refractivity contribution in [3.63, 3.8) is 0 Å². The van der Waals surface area contributed by atoms with E-state index in [1.165, 1.54) is 11.8 Å². The highest BCUT2D eigenvalue weighted by molar-refractivity contribution is 8.00. The topological polar surface area (TPSA) is 93.7 Å². The SMILES string of the molecule is COc1ccc([C@H](CC(=O)OC(C)C)NC(=O)c2ccc3c(c2)NC(=O)[C@@H](C)S3)cc1. The van der Waals surface area contributed by atoms with Gasteiger partial charge < -0.3 is 20.1 Å². The van der Waals surface area contributed by atoms with Crippen LogP contribution in [0.2, 0.25) is 0 Å². The third-order valence-electron chi connectivity index (χ3n) is 4.73. The number of thioether (sulfide) groups is 1. The number of hydrogen-bond acceptors (Lipinski definition) is 6. The van der Waals surface area contributed by atoms with Gasteiger partial charge in [-0.3, -0.25) is 14.4 Å². The fraction of sp³-hybridized carbons (Fsp3) is 0.348. The molecule has 1 heterocycles. The largest absolute Gasteiger partial charge is 0.497 e. The number of nitrogens with one attached hydrogen (secondary N) is 2. The quantitative estimate of drug-likeness (QED) is 0.631. The lowest BCUT2D eigenvalue weighted by atomic mass is 10.0. The van der Waals surface area contributed by atoms with Crippen LogP contribution in [0.3, 0.4) is 0 Å². The lowest BCUT2D eigenvalue weighted by molar-refractivity contribution is -0.148. The summed E-state index contributed by atoms with van der Waals surface area (Å²) in [5.74, 6) is -0.170. The fourth-order valence-electron chi connectivity index (χ4n) is 3.16. The molecule has 0 bridgehead atoms. The second-order valence-corrected chi connectivity index (χ2v) is 8.88. The summed E-state index contributed by atoms with van der Waals surface area (Å²) in [6, 6.07) is 11.8. The highest BCUT2D eigenvalue weighted by Gasteiger charge is 2.25. The van der Waals surface area contributed by atoms with Crippen molar-refractivity contribution in [2.45, 2.75) is 49.5 Å². The maximum atomic E-state index is 13.0.